The van der Waals surface area contributed by atoms with Gasteiger partial charge in [-0.25, -0.2) is 0 Å². The fourth-order valence-electron chi connectivity index (χ4n) is 1.55. The van der Waals surface area contributed by atoms with Crippen LogP contribution in [-0.4, -0.2) is 47.9 Å². The number of likely N-dealkylation sites (N-methyl/N-ethyl adjacent to an activating group) is 1. The highest BCUT2D eigenvalue weighted by Crippen LogP contribution is 2.11. The van der Waals surface area contributed by atoms with E-state index in [0.29, 0.717) is 5.69 Å². The lowest BCUT2D eigenvalue weighted by Crippen LogP contribution is -2.37. The number of nitrogens with zero attached hydrogens (tertiary/aromatic N) is 1. The Balaban J connectivity index is 2.60. The van der Waals surface area contributed by atoms with Crippen molar-refractivity contribution in [2.24, 2.45) is 5.73 Å². The predicted molar refractivity (Wildman–Crippen MR) is 77.7 cm³/mol. The normalized spacial score (nSPS) is 11.6. The highest BCUT2D eigenvalue weighted by molar-refractivity contribution is 5.96. The van der Waals surface area contributed by atoms with E-state index in [1.165, 1.54) is 4.90 Å². The van der Waals surface area contributed by atoms with Crippen LogP contribution in [0.1, 0.15) is 12.0 Å². The molecule has 114 valence electrons. The zero-order valence-corrected chi connectivity index (χ0v) is 12.0. The summed E-state index contributed by atoms with van der Waals surface area (Å²) in [5.74, 6) is -1.71. The summed E-state index contributed by atoms with van der Waals surface area (Å²) in [6.07, 6.45) is -0.152. The highest BCUT2D eigenvalue weighted by atomic mass is 16.4. The SMILES string of the molecule is CN(C)C(=O)Cc1ccc(NC(=O)C(N)CC(=O)O)cc1. The molecule has 0 aromatic heterocycles. The van der Waals surface area contributed by atoms with E-state index in [9.17, 15) is 14.4 Å². The van der Waals surface area contributed by atoms with E-state index in [4.69, 9.17) is 10.8 Å². The Morgan fingerprint density at radius 1 is 1.24 bits per heavy atom. The van der Waals surface area contributed by atoms with Crippen molar-refractivity contribution < 1.29 is 19.5 Å². The van der Waals surface area contributed by atoms with Crippen molar-refractivity contribution in [3.05, 3.63) is 29.8 Å². The van der Waals surface area contributed by atoms with Gasteiger partial charge in [0.2, 0.25) is 11.8 Å². The first-order valence-electron chi connectivity index (χ1n) is 6.37. The first-order valence-corrected chi connectivity index (χ1v) is 6.37. The maximum atomic E-state index is 11.6. The maximum Gasteiger partial charge on any atom is 0.305 e. The number of hydrogen-bond acceptors (Lipinski definition) is 4. The van der Waals surface area contributed by atoms with Crippen molar-refractivity contribution in [1.29, 1.82) is 0 Å². The first kappa shape index (κ1) is 16.6. The number of aliphatic carboxylic acids is 1. The van der Waals surface area contributed by atoms with Crippen LogP contribution in [0, 0.1) is 0 Å². The molecule has 0 fully saturated rings. The number of nitrogens with one attached hydrogen (secondary N) is 1. The number of carboxylic acids is 1. The van der Waals surface area contributed by atoms with Gasteiger partial charge in [0.25, 0.3) is 0 Å². The molecule has 0 saturated carbocycles. The van der Waals surface area contributed by atoms with Crippen molar-refractivity contribution in [3.63, 3.8) is 0 Å². The third-order valence-corrected chi connectivity index (χ3v) is 2.81. The summed E-state index contributed by atoms with van der Waals surface area (Å²) in [5.41, 5.74) is 6.77. The van der Waals surface area contributed by atoms with Crippen molar-refractivity contribution >= 4 is 23.5 Å². The van der Waals surface area contributed by atoms with Crippen LogP contribution in [0.2, 0.25) is 0 Å². The maximum absolute atomic E-state index is 11.6. The van der Waals surface area contributed by atoms with E-state index >= 15 is 0 Å². The minimum atomic E-state index is -1.13. The monoisotopic (exact) mass is 293 g/mol. The van der Waals surface area contributed by atoms with Crippen molar-refractivity contribution in [3.8, 4) is 0 Å². The number of nitrogens with two attached hydrogens (primary N) is 1. The molecule has 1 aromatic carbocycles. The molecule has 0 spiro atoms. The second-order valence-electron chi connectivity index (χ2n) is 4.86. The molecule has 0 aliphatic rings. The average molecular weight is 293 g/mol. The largest absolute Gasteiger partial charge is 0.481 e. The van der Waals surface area contributed by atoms with Gasteiger partial charge in [0.1, 0.15) is 0 Å². The summed E-state index contributed by atoms with van der Waals surface area (Å²) in [7, 11) is 3.36. The second kappa shape index (κ2) is 7.39. The number of amides is 2. The van der Waals surface area contributed by atoms with Crippen molar-refractivity contribution in [2.75, 3.05) is 19.4 Å². The Morgan fingerprint density at radius 2 is 1.81 bits per heavy atom. The summed E-state index contributed by atoms with van der Waals surface area (Å²) in [4.78, 5) is 35.2. The Hall–Kier alpha value is -2.41. The average Bonchev–Trinajstić information content (AvgIpc) is 2.39. The van der Waals surface area contributed by atoms with Crippen LogP contribution in [0.5, 0.6) is 0 Å². The quantitative estimate of drug-likeness (QED) is 0.686. The number of rotatable bonds is 6. The number of benzene rings is 1. The number of hydrogen-bond donors (Lipinski definition) is 3. The smallest absolute Gasteiger partial charge is 0.305 e. The molecule has 1 aromatic rings. The standard InChI is InChI=1S/C14H19N3O4/c1-17(2)12(18)7-9-3-5-10(6-4-9)16-14(21)11(15)8-13(19)20/h3-6,11H,7-8,15H2,1-2H3,(H,16,21)(H,19,20). The molecule has 0 aliphatic carbocycles. The van der Waals surface area contributed by atoms with Crippen LogP contribution in [0.15, 0.2) is 24.3 Å². The van der Waals surface area contributed by atoms with E-state index < -0.39 is 24.3 Å². The van der Waals surface area contributed by atoms with Gasteiger partial charge in [0.15, 0.2) is 0 Å². The molecule has 1 rings (SSSR count). The molecule has 7 nitrogen and oxygen atoms in total. The Kier molecular flexibility index (Phi) is 5.86. The third-order valence-electron chi connectivity index (χ3n) is 2.81. The Bertz CT molecular complexity index is 526. The number of carboxylic acid groups (broad SMARTS) is 1. The minimum Gasteiger partial charge on any atom is -0.481 e. The highest BCUT2D eigenvalue weighted by Gasteiger charge is 2.17. The van der Waals surface area contributed by atoms with Gasteiger partial charge in [-0.05, 0) is 17.7 Å². The van der Waals surface area contributed by atoms with Gasteiger partial charge in [0, 0.05) is 19.8 Å². The van der Waals surface area contributed by atoms with Crippen molar-refractivity contribution in [2.45, 2.75) is 18.9 Å². The topological polar surface area (TPSA) is 113 Å². The molecule has 1 atom stereocenters. The lowest BCUT2D eigenvalue weighted by Gasteiger charge is -2.12. The van der Waals surface area contributed by atoms with E-state index in [1.807, 2.05) is 0 Å². The number of anilines is 1. The minimum absolute atomic E-state index is 0.0183. The number of carbonyl (C=O) groups excluding carboxylic acids is 2. The lowest BCUT2D eigenvalue weighted by molar-refractivity contribution is -0.138. The summed E-state index contributed by atoms with van der Waals surface area (Å²) in [6, 6.07) is 5.63. The fourth-order valence-corrected chi connectivity index (χ4v) is 1.55. The van der Waals surface area contributed by atoms with Crippen LogP contribution >= 0.6 is 0 Å². The van der Waals surface area contributed by atoms with Crippen LogP contribution in [0.3, 0.4) is 0 Å². The van der Waals surface area contributed by atoms with Crippen LogP contribution < -0.4 is 11.1 Å². The van der Waals surface area contributed by atoms with Gasteiger partial charge in [-0.3, -0.25) is 14.4 Å². The lowest BCUT2D eigenvalue weighted by atomic mass is 10.1. The molecule has 0 radical (unpaired) electrons. The molecule has 0 saturated heterocycles. The molecular weight excluding hydrogens is 274 g/mol. The summed E-state index contributed by atoms with van der Waals surface area (Å²) in [6.45, 7) is 0. The molecule has 7 heteroatoms. The second-order valence-corrected chi connectivity index (χ2v) is 4.86. The van der Waals surface area contributed by atoms with Gasteiger partial charge >= 0.3 is 5.97 Å². The molecule has 4 N–H and O–H groups in total. The molecule has 1 unspecified atom stereocenters. The summed E-state index contributed by atoms with van der Waals surface area (Å²) < 4.78 is 0. The first-order chi connectivity index (χ1) is 9.79. The predicted octanol–water partition coefficient (Wildman–Crippen LogP) is 0.0578. The van der Waals surface area contributed by atoms with E-state index in [2.05, 4.69) is 5.32 Å². The summed E-state index contributed by atoms with van der Waals surface area (Å²) in [5, 5.41) is 11.1. The zero-order valence-electron chi connectivity index (χ0n) is 12.0. The fraction of sp³-hybridized carbons (Fsp3) is 0.357. The van der Waals surface area contributed by atoms with Crippen molar-refractivity contribution in [1.82, 2.24) is 4.90 Å². The van der Waals surface area contributed by atoms with Gasteiger partial charge in [-0.2, -0.15) is 0 Å². The molecule has 0 heterocycles. The third kappa shape index (κ3) is 5.62. The molecule has 2 amide bonds. The molecule has 21 heavy (non-hydrogen) atoms. The molecule has 0 bridgehead atoms. The van der Waals surface area contributed by atoms with Crippen LogP contribution in [0.25, 0.3) is 0 Å². The van der Waals surface area contributed by atoms with Gasteiger partial charge < -0.3 is 21.1 Å². The van der Waals surface area contributed by atoms with E-state index in [1.54, 1.807) is 38.4 Å². The van der Waals surface area contributed by atoms with Crippen LogP contribution in [0.4, 0.5) is 5.69 Å². The van der Waals surface area contributed by atoms with Gasteiger partial charge in [-0.1, -0.05) is 12.1 Å². The van der Waals surface area contributed by atoms with E-state index in [-0.39, 0.29) is 12.3 Å². The van der Waals surface area contributed by atoms with Crippen LogP contribution in [-0.2, 0) is 20.8 Å². The van der Waals surface area contributed by atoms with E-state index in [0.717, 1.165) is 5.56 Å². The zero-order chi connectivity index (χ0) is 16.0. The number of carbonyl (C=O) groups is 3. The Labute approximate surface area is 122 Å². The van der Waals surface area contributed by atoms with Gasteiger partial charge in [-0.15, -0.1) is 0 Å². The molecular formula is C14H19N3O4. The summed E-state index contributed by atoms with van der Waals surface area (Å²) >= 11 is 0. The molecule has 0 aliphatic heterocycles. The van der Waals surface area contributed by atoms with Gasteiger partial charge in [0.05, 0.1) is 18.9 Å². The Morgan fingerprint density at radius 3 is 2.29 bits per heavy atom.